The molecule has 0 bridgehead atoms. The molecule has 1 aromatic carbocycles. The molecule has 1 rings (SSSR count). The van der Waals surface area contributed by atoms with Crippen LogP contribution < -0.4 is 15.0 Å². The van der Waals surface area contributed by atoms with Crippen molar-refractivity contribution in [2.75, 3.05) is 24.6 Å². The number of benzene rings is 1. The lowest BCUT2D eigenvalue weighted by Crippen LogP contribution is -2.26. The van der Waals surface area contributed by atoms with Crippen LogP contribution in [0.3, 0.4) is 0 Å². The standard InChI is InChI=1S/C19H34N2O/c1-6-10-13-21(8-3)18-12-11-17(14-19(18)22-9-4)15-20-16(5)7-2/h11-12,14,16,20H,6-10,13,15H2,1-5H3. The zero-order valence-corrected chi connectivity index (χ0v) is 15.1. The molecule has 1 unspecified atom stereocenters. The maximum absolute atomic E-state index is 5.90. The highest BCUT2D eigenvalue weighted by Crippen LogP contribution is 2.30. The first-order valence-corrected chi connectivity index (χ1v) is 8.90. The molecule has 0 saturated carbocycles. The lowest BCUT2D eigenvalue weighted by Gasteiger charge is -2.26. The molecule has 0 aliphatic rings. The van der Waals surface area contributed by atoms with Crippen molar-refractivity contribution in [1.29, 1.82) is 0 Å². The number of hydrogen-bond donors (Lipinski definition) is 1. The first-order chi connectivity index (χ1) is 10.7. The summed E-state index contributed by atoms with van der Waals surface area (Å²) in [5, 5.41) is 3.55. The Morgan fingerprint density at radius 1 is 1.18 bits per heavy atom. The van der Waals surface area contributed by atoms with E-state index in [1.807, 2.05) is 0 Å². The normalized spacial score (nSPS) is 12.2. The van der Waals surface area contributed by atoms with E-state index >= 15 is 0 Å². The third-order valence-electron chi connectivity index (χ3n) is 4.10. The van der Waals surface area contributed by atoms with E-state index in [0.29, 0.717) is 12.6 Å². The Bertz CT molecular complexity index is 420. The minimum absolute atomic E-state index is 0.548. The van der Waals surface area contributed by atoms with Crippen LogP contribution in [0.1, 0.15) is 59.4 Å². The number of anilines is 1. The van der Waals surface area contributed by atoms with Crippen molar-refractivity contribution in [3.63, 3.8) is 0 Å². The van der Waals surface area contributed by atoms with Gasteiger partial charge in [0.1, 0.15) is 5.75 Å². The average molecular weight is 306 g/mol. The Hall–Kier alpha value is -1.22. The van der Waals surface area contributed by atoms with Gasteiger partial charge < -0.3 is 15.0 Å². The van der Waals surface area contributed by atoms with Crippen LogP contribution in [0.2, 0.25) is 0 Å². The van der Waals surface area contributed by atoms with Crippen LogP contribution in [0.15, 0.2) is 18.2 Å². The van der Waals surface area contributed by atoms with Crippen molar-refractivity contribution in [1.82, 2.24) is 5.32 Å². The molecule has 126 valence electrons. The van der Waals surface area contributed by atoms with Gasteiger partial charge in [0.2, 0.25) is 0 Å². The predicted octanol–water partition coefficient (Wildman–Crippen LogP) is 4.60. The molecule has 0 aliphatic carbocycles. The highest BCUT2D eigenvalue weighted by molar-refractivity contribution is 5.59. The molecule has 0 amide bonds. The monoisotopic (exact) mass is 306 g/mol. The molecule has 1 N–H and O–H groups in total. The predicted molar refractivity (Wildman–Crippen MR) is 97.0 cm³/mol. The fraction of sp³-hybridized carbons (Fsp3) is 0.684. The van der Waals surface area contributed by atoms with Gasteiger partial charge in [-0.05, 0) is 51.3 Å². The fourth-order valence-electron chi connectivity index (χ4n) is 2.44. The summed E-state index contributed by atoms with van der Waals surface area (Å²) in [5.41, 5.74) is 2.52. The van der Waals surface area contributed by atoms with Gasteiger partial charge in [0, 0.05) is 25.7 Å². The van der Waals surface area contributed by atoms with E-state index in [0.717, 1.165) is 31.8 Å². The summed E-state index contributed by atoms with van der Waals surface area (Å²) in [7, 11) is 0. The molecule has 0 aromatic heterocycles. The lowest BCUT2D eigenvalue weighted by molar-refractivity contribution is 0.339. The topological polar surface area (TPSA) is 24.5 Å². The average Bonchev–Trinajstić information content (AvgIpc) is 2.54. The van der Waals surface area contributed by atoms with Crippen LogP contribution in [0, 0.1) is 0 Å². The van der Waals surface area contributed by atoms with Crippen LogP contribution in [0.25, 0.3) is 0 Å². The minimum Gasteiger partial charge on any atom is -0.492 e. The molecule has 0 heterocycles. The van der Waals surface area contributed by atoms with Crippen molar-refractivity contribution in [3.8, 4) is 5.75 Å². The number of ether oxygens (including phenoxy) is 1. The summed E-state index contributed by atoms with van der Waals surface area (Å²) in [4.78, 5) is 2.42. The second kappa shape index (κ2) is 10.5. The van der Waals surface area contributed by atoms with Crippen LogP contribution in [-0.4, -0.2) is 25.7 Å². The second-order valence-corrected chi connectivity index (χ2v) is 5.86. The van der Waals surface area contributed by atoms with E-state index in [1.165, 1.54) is 24.1 Å². The maximum Gasteiger partial charge on any atom is 0.142 e. The third kappa shape index (κ3) is 5.88. The van der Waals surface area contributed by atoms with E-state index in [4.69, 9.17) is 4.74 Å². The van der Waals surface area contributed by atoms with Gasteiger partial charge in [0.05, 0.1) is 12.3 Å². The highest BCUT2D eigenvalue weighted by Gasteiger charge is 2.11. The summed E-state index contributed by atoms with van der Waals surface area (Å²) in [6.07, 6.45) is 3.59. The van der Waals surface area contributed by atoms with Crippen LogP contribution >= 0.6 is 0 Å². The Labute approximate surface area is 137 Å². The summed E-state index contributed by atoms with van der Waals surface area (Å²) >= 11 is 0. The SMILES string of the molecule is CCCCN(CC)c1ccc(CNC(C)CC)cc1OCC. The first-order valence-electron chi connectivity index (χ1n) is 8.90. The van der Waals surface area contributed by atoms with Crippen molar-refractivity contribution < 1.29 is 4.74 Å². The molecule has 1 aromatic rings. The Morgan fingerprint density at radius 2 is 1.95 bits per heavy atom. The number of rotatable bonds is 11. The van der Waals surface area contributed by atoms with Gasteiger partial charge in [-0.15, -0.1) is 0 Å². The zero-order valence-electron chi connectivity index (χ0n) is 15.1. The Balaban J connectivity index is 2.88. The van der Waals surface area contributed by atoms with Gasteiger partial charge >= 0.3 is 0 Å². The van der Waals surface area contributed by atoms with Gasteiger partial charge in [0.15, 0.2) is 0 Å². The summed E-state index contributed by atoms with van der Waals surface area (Å²) < 4.78 is 5.90. The van der Waals surface area contributed by atoms with Gasteiger partial charge in [-0.3, -0.25) is 0 Å². The zero-order chi connectivity index (χ0) is 16.4. The smallest absolute Gasteiger partial charge is 0.142 e. The molecule has 0 radical (unpaired) electrons. The number of nitrogens with one attached hydrogen (secondary N) is 1. The first kappa shape index (κ1) is 18.8. The molecule has 0 spiro atoms. The Kier molecular flexibility index (Phi) is 8.98. The molecular formula is C19H34N2O. The van der Waals surface area contributed by atoms with Crippen LogP contribution in [-0.2, 0) is 6.54 Å². The summed E-state index contributed by atoms with van der Waals surface area (Å²) in [5.74, 6) is 1.02. The fourth-order valence-corrected chi connectivity index (χ4v) is 2.44. The molecule has 0 fully saturated rings. The van der Waals surface area contributed by atoms with E-state index < -0.39 is 0 Å². The highest BCUT2D eigenvalue weighted by atomic mass is 16.5. The number of hydrogen-bond acceptors (Lipinski definition) is 3. The molecule has 1 atom stereocenters. The van der Waals surface area contributed by atoms with Gasteiger partial charge in [-0.1, -0.05) is 26.3 Å². The van der Waals surface area contributed by atoms with Gasteiger partial charge in [0.25, 0.3) is 0 Å². The molecule has 0 aliphatic heterocycles. The molecule has 22 heavy (non-hydrogen) atoms. The quantitative estimate of drug-likeness (QED) is 0.646. The van der Waals surface area contributed by atoms with Crippen LogP contribution in [0.4, 0.5) is 5.69 Å². The maximum atomic E-state index is 5.90. The van der Waals surface area contributed by atoms with Crippen molar-refractivity contribution >= 4 is 5.69 Å². The molecule has 3 nitrogen and oxygen atoms in total. The minimum atomic E-state index is 0.548. The van der Waals surface area contributed by atoms with E-state index in [1.54, 1.807) is 0 Å². The third-order valence-corrected chi connectivity index (χ3v) is 4.10. The molecule has 0 saturated heterocycles. The van der Waals surface area contributed by atoms with Crippen molar-refractivity contribution in [3.05, 3.63) is 23.8 Å². The number of unbranched alkanes of at least 4 members (excludes halogenated alkanes) is 1. The lowest BCUT2D eigenvalue weighted by atomic mass is 10.1. The van der Waals surface area contributed by atoms with E-state index in [-0.39, 0.29) is 0 Å². The van der Waals surface area contributed by atoms with Crippen molar-refractivity contribution in [2.24, 2.45) is 0 Å². The molecular weight excluding hydrogens is 272 g/mol. The molecule has 3 heteroatoms. The Morgan fingerprint density at radius 3 is 2.55 bits per heavy atom. The number of nitrogens with zero attached hydrogens (tertiary/aromatic N) is 1. The van der Waals surface area contributed by atoms with Gasteiger partial charge in [-0.25, -0.2) is 0 Å². The largest absolute Gasteiger partial charge is 0.492 e. The van der Waals surface area contributed by atoms with Crippen LogP contribution in [0.5, 0.6) is 5.75 Å². The van der Waals surface area contributed by atoms with E-state index in [9.17, 15) is 0 Å². The van der Waals surface area contributed by atoms with E-state index in [2.05, 4.69) is 63.0 Å². The van der Waals surface area contributed by atoms with Gasteiger partial charge in [-0.2, -0.15) is 0 Å². The summed E-state index contributed by atoms with van der Waals surface area (Å²) in [6, 6.07) is 7.19. The second-order valence-electron chi connectivity index (χ2n) is 5.86. The van der Waals surface area contributed by atoms with Crippen molar-refractivity contribution in [2.45, 2.75) is 66.5 Å². The summed E-state index contributed by atoms with van der Waals surface area (Å²) in [6.45, 7) is 14.7.